The Labute approximate surface area is 166 Å². The lowest BCUT2D eigenvalue weighted by Crippen LogP contribution is -2.03. The first-order chi connectivity index (χ1) is 14.2. The van der Waals surface area contributed by atoms with E-state index in [2.05, 4.69) is 17.1 Å². The molecule has 0 aliphatic rings. The second kappa shape index (κ2) is 6.95. The predicted molar refractivity (Wildman–Crippen MR) is 113 cm³/mol. The number of rotatable bonds is 4. The molecule has 0 radical (unpaired) electrons. The van der Waals surface area contributed by atoms with Gasteiger partial charge in [0.05, 0.1) is 17.6 Å². The van der Waals surface area contributed by atoms with Crippen LogP contribution in [-0.4, -0.2) is 9.55 Å². The predicted octanol–water partition coefficient (Wildman–Crippen LogP) is 5.29. The molecular formula is C24H18N2O3. The van der Waals surface area contributed by atoms with Gasteiger partial charge in [-0.25, -0.2) is 4.79 Å². The number of nitrogens with zero attached hydrogens (tertiary/aromatic N) is 2. The van der Waals surface area contributed by atoms with E-state index in [1.165, 1.54) is 6.07 Å². The van der Waals surface area contributed by atoms with Crippen molar-refractivity contribution in [1.82, 2.24) is 9.55 Å². The summed E-state index contributed by atoms with van der Waals surface area (Å²) in [5.74, 6) is 0.566. The molecule has 0 atom stereocenters. The first-order valence-corrected chi connectivity index (χ1v) is 9.39. The Morgan fingerprint density at radius 1 is 0.966 bits per heavy atom. The lowest BCUT2D eigenvalue weighted by molar-refractivity contribution is 0.421. The molecule has 142 valence electrons. The largest absolute Gasteiger partial charge is 0.425 e. The van der Waals surface area contributed by atoms with Crippen LogP contribution in [0.4, 0.5) is 0 Å². The summed E-state index contributed by atoms with van der Waals surface area (Å²) < 4.78 is 13.5. The quantitative estimate of drug-likeness (QED) is 0.396. The number of para-hydroxylation sites is 2. The highest BCUT2D eigenvalue weighted by Crippen LogP contribution is 2.29. The number of fused-ring (bicyclic) bond motifs is 2. The van der Waals surface area contributed by atoms with Crippen molar-refractivity contribution in [3.05, 3.63) is 100 Å². The topological polar surface area (TPSA) is 57.3 Å². The summed E-state index contributed by atoms with van der Waals surface area (Å²) in [5, 5.41) is 0.884. The van der Waals surface area contributed by atoms with E-state index in [1.807, 2.05) is 66.1 Å². The first kappa shape index (κ1) is 17.3. The van der Waals surface area contributed by atoms with Crippen molar-refractivity contribution in [2.24, 2.45) is 0 Å². The van der Waals surface area contributed by atoms with Crippen LogP contribution in [0.2, 0.25) is 0 Å². The molecule has 5 nitrogen and oxygen atoms in total. The molecule has 0 aliphatic carbocycles. The third-order valence-corrected chi connectivity index (χ3v) is 4.94. The highest BCUT2D eigenvalue weighted by atomic mass is 16.5. The molecule has 0 spiro atoms. The average molecular weight is 382 g/mol. The van der Waals surface area contributed by atoms with Crippen molar-refractivity contribution in [3.8, 4) is 11.8 Å². The third kappa shape index (κ3) is 3.27. The lowest BCUT2D eigenvalue weighted by Gasteiger charge is -2.11. The van der Waals surface area contributed by atoms with E-state index in [-0.39, 0.29) is 5.63 Å². The molecule has 3 aromatic carbocycles. The van der Waals surface area contributed by atoms with E-state index in [0.29, 0.717) is 23.9 Å². The van der Waals surface area contributed by atoms with Gasteiger partial charge in [-0.15, -0.1) is 0 Å². The fourth-order valence-corrected chi connectivity index (χ4v) is 3.52. The number of imidazole rings is 1. The molecule has 2 heterocycles. The van der Waals surface area contributed by atoms with Gasteiger partial charge in [-0.1, -0.05) is 42.5 Å². The van der Waals surface area contributed by atoms with Gasteiger partial charge in [0.1, 0.15) is 11.3 Å². The first-order valence-electron chi connectivity index (χ1n) is 9.39. The van der Waals surface area contributed by atoms with Crippen molar-refractivity contribution in [2.45, 2.75) is 13.5 Å². The summed E-state index contributed by atoms with van der Waals surface area (Å²) >= 11 is 0. The van der Waals surface area contributed by atoms with Crippen molar-refractivity contribution in [3.63, 3.8) is 0 Å². The molecule has 5 aromatic rings. The van der Waals surface area contributed by atoms with Crippen molar-refractivity contribution in [1.29, 1.82) is 0 Å². The van der Waals surface area contributed by atoms with Crippen molar-refractivity contribution in [2.75, 3.05) is 0 Å². The average Bonchev–Trinajstić information content (AvgIpc) is 3.05. The van der Waals surface area contributed by atoms with Gasteiger partial charge in [0.2, 0.25) is 0 Å². The van der Waals surface area contributed by atoms with Crippen LogP contribution in [0.3, 0.4) is 0 Å². The summed E-state index contributed by atoms with van der Waals surface area (Å²) in [6.07, 6.45) is 0. The van der Waals surface area contributed by atoms with E-state index >= 15 is 0 Å². The highest BCUT2D eigenvalue weighted by Gasteiger charge is 2.14. The summed E-state index contributed by atoms with van der Waals surface area (Å²) in [5.41, 5.74) is 4.01. The van der Waals surface area contributed by atoms with E-state index < -0.39 is 0 Å². The van der Waals surface area contributed by atoms with Crippen molar-refractivity contribution < 1.29 is 9.15 Å². The number of aryl methyl sites for hydroxylation is 1. The molecular weight excluding hydrogens is 364 g/mol. The Balaban J connectivity index is 1.59. The molecule has 0 amide bonds. The van der Waals surface area contributed by atoms with Crippen LogP contribution in [0, 0.1) is 6.92 Å². The molecule has 0 N–H and O–H groups in total. The number of hydrogen-bond acceptors (Lipinski definition) is 4. The van der Waals surface area contributed by atoms with E-state index in [9.17, 15) is 4.79 Å². The van der Waals surface area contributed by atoms with Gasteiger partial charge in [-0.2, -0.15) is 4.98 Å². The fourth-order valence-electron chi connectivity index (χ4n) is 3.52. The number of hydrogen-bond donors (Lipinski definition) is 0. The Kier molecular flexibility index (Phi) is 4.13. The zero-order valence-electron chi connectivity index (χ0n) is 15.8. The molecule has 5 heteroatoms. The highest BCUT2D eigenvalue weighted by molar-refractivity contribution is 5.81. The summed E-state index contributed by atoms with van der Waals surface area (Å²) in [6, 6.07) is 25.6. The molecule has 0 saturated carbocycles. The minimum absolute atomic E-state index is 0.372. The monoisotopic (exact) mass is 382 g/mol. The Morgan fingerprint density at radius 3 is 2.62 bits per heavy atom. The maximum atomic E-state index is 11.7. The van der Waals surface area contributed by atoms with E-state index in [4.69, 9.17) is 9.15 Å². The number of aromatic nitrogens is 2. The number of ether oxygens (including phenoxy) is 1. The van der Waals surface area contributed by atoms with Crippen LogP contribution in [0.1, 0.15) is 11.1 Å². The Morgan fingerprint density at radius 2 is 1.76 bits per heavy atom. The molecule has 0 aliphatic heterocycles. The molecule has 0 fully saturated rings. The maximum Gasteiger partial charge on any atom is 0.336 e. The molecule has 0 unspecified atom stereocenters. The van der Waals surface area contributed by atoms with Crippen LogP contribution < -0.4 is 10.4 Å². The Hall–Kier alpha value is -3.86. The zero-order valence-corrected chi connectivity index (χ0v) is 15.8. The van der Waals surface area contributed by atoms with Crippen LogP contribution in [0.5, 0.6) is 11.8 Å². The van der Waals surface area contributed by atoms with Gasteiger partial charge in [-0.05, 0) is 42.3 Å². The molecule has 5 rings (SSSR count). The van der Waals surface area contributed by atoms with Crippen LogP contribution in [0.25, 0.3) is 22.0 Å². The van der Waals surface area contributed by atoms with Gasteiger partial charge < -0.3 is 9.15 Å². The third-order valence-electron chi connectivity index (χ3n) is 4.94. The van der Waals surface area contributed by atoms with Gasteiger partial charge in [0.15, 0.2) is 0 Å². The van der Waals surface area contributed by atoms with Crippen LogP contribution in [-0.2, 0) is 6.54 Å². The molecule has 29 heavy (non-hydrogen) atoms. The standard InChI is InChI=1S/C24H18N2O3/c1-16-13-23(27)29-22-14-18(11-12-19(16)22)28-24-25-20-9-5-6-10-21(20)26(24)15-17-7-3-2-4-8-17/h2-14H,15H2,1H3. The minimum Gasteiger partial charge on any atom is -0.425 e. The second-order valence-corrected chi connectivity index (χ2v) is 6.96. The normalized spacial score (nSPS) is 11.2. The minimum atomic E-state index is -0.372. The smallest absolute Gasteiger partial charge is 0.336 e. The summed E-state index contributed by atoms with van der Waals surface area (Å²) in [4.78, 5) is 16.4. The van der Waals surface area contributed by atoms with Gasteiger partial charge in [0.25, 0.3) is 0 Å². The molecule has 0 bridgehead atoms. The molecule has 0 saturated heterocycles. The van der Waals surface area contributed by atoms with Gasteiger partial charge >= 0.3 is 11.6 Å². The maximum absolute atomic E-state index is 11.7. The van der Waals surface area contributed by atoms with Crippen LogP contribution >= 0.6 is 0 Å². The Bertz CT molecular complexity index is 1380. The van der Waals surface area contributed by atoms with Crippen LogP contribution in [0.15, 0.2) is 88.1 Å². The lowest BCUT2D eigenvalue weighted by atomic mass is 10.1. The van der Waals surface area contributed by atoms with E-state index in [1.54, 1.807) is 6.07 Å². The SMILES string of the molecule is Cc1cc(=O)oc2cc(Oc3nc4ccccc4n3Cc3ccccc3)ccc12. The van der Waals surface area contributed by atoms with Gasteiger partial charge in [0, 0.05) is 17.5 Å². The number of benzene rings is 3. The second-order valence-electron chi connectivity index (χ2n) is 6.96. The molecule has 2 aromatic heterocycles. The van der Waals surface area contributed by atoms with Crippen molar-refractivity contribution >= 4 is 22.0 Å². The summed E-state index contributed by atoms with van der Waals surface area (Å²) in [7, 11) is 0. The van der Waals surface area contributed by atoms with E-state index in [0.717, 1.165) is 27.5 Å². The zero-order chi connectivity index (χ0) is 19.8. The fraction of sp³-hybridized carbons (Fsp3) is 0.0833. The summed E-state index contributed by atoms with van der Waals surface area (Å²) in [6.45, 7) is 2.53. The van der Waals surface area contributed by atoms with Gasteiger partial charge in [-0.3, -0.25) is 4.57 Å².